The van der Waals surface area contributed by atoms with Gasteiger partial charge >= 0.3 is 0 Å². The molecular weight excluding hydrogens is 381 g/mol. The van der Waals surface area contributed by atoms with Crippen LogP contribution in [0.3, 0.4) is 0 Å². The number of methoxy groups -OCH3 is 1. The highest BCUT2D eigenvalue weighted by atomic mass is 35.5. The van der Waals surface area contributed by atoms with Crippen molar-refractivity contribution in [3.8, 4) is 0 Å². The molecule has 0 aromatic heterocycles. The first kappa shape index (κ1) is 21.1. The Kier molecular flexibility index (Phi) is 7.39. The van der Waals surface area contributed by atoms with Crippen molar-refractivity contribution in [2.24, 2.45) is 0 Å². The number of hydrogen-bond acceptors (Lipinski definition) is 6. The lowest BCUT2D eigenvalue weighted by atomic mass is 9.99. The lowest BCUT2D eigenvalue weighted by Crippen LogP contribution is -2.52. The molecule has 136 valence electrons. The highest BCUT2D eigenvalue weighted by Gasteiger charge is 2.36. The van der Waals surface area contributed by atoms with E-state index >= 15 is 0 Å². The number of nitro benzene ring substituents is 1. The molecule has 1 aromatic carbocycles. The fourth-order valence-electron chi connectivity index (χ4n) is 2.64. The van der Waals surface area contributed by atoms with E-state index in [9.17, 15) is 18.5 Å². The van der Waals surface area contributed by atoms with Crippen LogP contribution in [0.1, 0.15) is 12.8 Å². The van der Waals surface area contributed by atoms with Crippen molar-refractivity contribution in [2.75, 3.05) is 26.8 Å². The summed E-state index contributed by atoms with van der Waals surface area (Å²) in [7, 11) is -2.53. The van der Waals surface area contributed by atoms with Crippen LogP contribution < -0.4 is 10.0 Å². The number of ether oxygens (including phenoxy) is 1. The molecule has 1 saturated heterocycles. The average Bonchev–Trinajstić information content (AvgIpc) is 2.94. The Morgan fingerprint density at radius 2 is 2.21 bits per heavy atom. The van der Waals surface area contributed by atoms with Crippen molar-refractivity contribution < 1.29 is 18.1 Å². The Balaban J connectivity index is 0.00000288. The molecule has 1 aliphatic rings. The smallest absolute Gasteiger partial charge is 0.289 e. The van der Waals surface area contributed by atoms with Crippen molar-refractivity contribution in [1.29, 1.82) is 0 Å². The van der Waals surface area contributed by atoms with Crippen LogP contribution in [0.25, 0.3) is 0 Å². The molecular formula is C13H19Cl2N3O5S. The minimum Gasteiger partial charge on any atom is -0.383 e. The average molecular weight is 400 g/mol. The molecule has 0 aliphatic carbocycles. The van der Waals surface area contributed by atoms with Crippen LogP contribution in [0.4, 0.5) is 5.69 Å². The van der Waals surface area contributed by atoms with Gasteiger partial charge in [-0.25, -0.2) is 13.1 Å². The molecule has 24 heavy (non-hydrogen) atoms. The molecule has 0 spiro atoms. The number of sulfonamides is 1. The van der Waals surface area contributed by atoms with Crippen LogP contribution in [-0.2, 0) is 14.8 Å². The van der Waals surface area contributed by atoms with Gasteiger partial charge in [-0.1, -0.05) is 11.6 Å². The van der Waals surface area contributed by atoms with Crippen molar-refractivity contribution >= 4 is 39.7 Å². The molecule has 2 N–H and O–H groups in total. The molecule has 1 aliphatic heterocycles. The summed E-state index contributed by atoms with van der Waals surface area (Å²) < 4.78 is 32.5. The second-order valence-electron chi connectivity index (χ2n) is 5.44. The lowest BCUT2D eigenvalue weighted by molar-refractivity contribution is -0.387. The zero-order valence-electron chi connectivity index (χ0n) is 13.0. The summed E-state index contributed by atoms with van der Waals surface area (Å²) in [6.07, 6.45) is 1.66. The van der Waals surface area contributed by atoms with E-state index in [1.165, 1.54) is 13.2 Å². The van der Waals surface area contributed by atoms with Gasteiger partial charge in [-0.2, -0.15) is 0 Å². The molecule has 0 saturated carbocycles. The van der Waals surface area contributed by atoms with Crippen molar-refractivity contribution in [3.63, 3.8) is 0 Å². The summed E-state index contributed by atoms with van der Waals surface area (Å²) in [6.45, 7) is 1.18. The van der Waals surface area contributed by atoms with E-state index in [0.717, 1.165) is 31.5 Å². The number of benzene rings is 1. The Morgan fingerprint density at radius 1 is 1.50 bits per heavy atom. The Labute approximate surface area is 151 Å². The van der Waals surface area contributed by atoms with Gasteiger partial charge in [0, 0.05) is 24.7 Å². The molecule has 0 amide bonds. The normalized spacial score (nSPS) is 20.6. The number of hydrogen-bond donors (Lipinski definition) is 2. The maximum atomic E-state index is 12.5. The third-order valence-electron chi connectivity index (χ3n) is 3.76. The first-order valence-electron chi connectivity index (χ1n) is 6.97. The Bertz CT molecular complexity index is 693. The van der Waals surface area contributed by atoms with E-state index in [1.54, 1.807) is 0 Å². The largest absolute Gasteiger partial charge is 0.383 e. The van der Waals surface area contributed by atoms with E-state index in [-0.39, 0.29) is 24.0 Å². The van der Waals surface area contributed by atoms with Crippen LogP contribution >= 0.6 is 24.0 Å². The van der Waals surface area contributed by atoms with Crippen LogP contribution in [0.2, 0.25) is 5.02 Å². The third kappa shape index (κ3) is 4.78. The monoisotopic (exact) mass is 399 g/mol. The maximum absolute atomic E-state index is 12.5. The first-order valence-corrected chi connectivity index (χ1v) is 8.83. The van der Waals surface area contributed by atoms with Gasteiger partial charge in [0.05, 0.1) is 17.1 Å². The lowest BCUT2D eigenvalue weighted by Gasteiger charge is -2.28. The summed E-state index contributed by atoms with van der Waals surface area (Å²) >= 11 is 5.78. The maximum Gasteiger partial charge on any atom is 0.289 e. The summed E-state index contributed by atoms with van der Waals surface area (Å²) in [5, 5.41) is 14.4. The highest BCUT2D eigenvalue weighted by molar-refractivity contribution is 7.89. The summed E-state index contributed by atoms with van der Waals surface area (Å²) in [5.74, 6) is 0. The van der Waals surface area contributed by atoms with Gasteiger partial charge in [-0.15, -0.1) is 12.4 Å². The standard InChI is InChI=1S/C13H18ClN3O5S.ClH/c1-22-9-13(5-2-6-15-13)8-16-23(20,21)12-7-10(14)3-4-11(12)17(18)19;/h3-4,7,15-16H,2,5-6,8-9H2,1H3;1H. The van der Waals surface area contributed by atoms with Gasteiger partial charge in [0.1, 0.15) is 0 Å². The van der Waals surface area contributed by atoms with Crippen LogP contribution in [0.15, 0.2) is 23.1 Å². The van der Waals surface area contributed by atoms with Crippen molar-refractivity contribution in [3.05, 3.63) is 33.3 Å². The second kappa shape index (κ2) is 8.41. The summed E-state index contributed by atoms with van der Waals surface area (Å²) in [5.41, 5.74) is -1.02. The van der Waals surface area contributed by atoms with E-state index in [4.69, 9.17) is 16.3 Å². The van der Waals surface area contributed by atoms with Gasteiger partial charge in [-0.3, -0.25) is 10.1 Å². The molecule has 1 fully saturated rings. The third-order valence-corrected chi connectivity index (χ3v) is 5.43. The van der Waals surface area contributed by atoms with E-state index < -0.39 is 31.1 Å². The number of nitrogens with one attached hydrogen (secondary N) is 2. The Hall–Kier alpha value is -0.970. The van der Waals surface area contributed by atoms with E-state index in [0.29, 0.717) is 6.61 Å². The zero-order chi connectivity index (χ0) is 17.1. The van der Waals surface area contributed by atoms with Crippen molar-refractivity contribution in [2.45, 2.75) is 23.3 Å². The predicted octanol–water partition coefficient (Wildman–Crippen LogP) is 1.72. The molecule has 8 nitrogen and oxygen atoms in total. The van der Waals surface area contributed by atoms with Gasteiger partial charge in [0.15, 0.2) is 4.90 Å². The minimum atomic E-state index is -4.07. The molecule has 1 heterocycles. The number of nitro groups is 1. The summed E-state index contributed by atoms with van der Waals surface area (Å²) in [6, 6.07) is 3.44. The fraction of sp³-hybridized carbons (Fsp3) is 0.538. The molecule has 11 heteroatoms. The number of nitrogens with zero attached hydrogens (tertiary/aromatic N) is 1. The highest BCUT2D eigenvalue weighted by Crippen LogP contribution is 2.27. The predicted molar refractivity (Wildman–Crippen MR) is 92.4 cm³/mol. The van der Waals surface area contributed by atoms with E-state index in [2.05, 4.69) is 10.0 Å². The van der Waals surface area contributed by atoms with Crippen LogP contribution in [0, 0.1) is 10.1 Å². The molecule has 1 atom stereocenters. The van der Waals surface area contributed by atoms with Gasteiger partial charge in [0.2, 0.25) is 10.0 Å². The molecule has 0 radical (unpaired) electrons. The van der Waals surface area contributed by atoms with Gasteiger partial charge in [-0.05, 0) is 31.5 Å². The fourth-order valence-corrected chi connectivity index (χ4v) is 4.19. The van der Waals surface area contributed by atoms with Gasteiger partial charge in [0.25, 0.3) is 5.69 Å². The first-order chi connectivity index (χ1) is 10.8. The minimum absolute atomic E-state index is 0. The zero-order valence-corrected chi connectivity index (χ0v) is 15.3. The topological polar surface area (TPSA) is 111 Å². The number of rotatable bonds is 7. The van der Waals surface area contributed by atoms with E-state index in [1.807, 2.05) is 0 Å². The molecule has 2 rings (SSSR count). The van der Waals surface area contributed by atoms with Gasteiger partial charge < -0.3 is 10.1 Å². The van der Waals surface area contributed by atoms with Crippen molar-refractivity contribution in [1.82, 2.24) is 10.0 Å². The van der Waals surface area contributed by atoms with Crippen LogP contribution in [-0.4, -0.2) is 45.7 Å². The Morgan fingerprint density at radius 3 is 2.75 bits per heavy atom. The molecule has 1 unspecified atom stereocenters. The molecule has 0 bridgehead atoms. The number of halogens is 2. The van der Waals surface area contributed by atoms with Crippen LogP contribution in [0.5, 0.6) is 0 Å². The summed E-state index contributed by atoms with van der Waals surface area (Å²) in [4.78, 5) is 9.85. The second-order valence-corrected chi connectivity index (χ2v) is 7.61. The SMILES string of the molecule is COCC1(CNS(=O)(=O)c2cc(Cl)ccc2[N+](=O)[O-])CCCN1.Cl. The molecule has 1 aromatic rings. The quantitative estimate of drug-likeness (QED) is 0.533.